The molecular formula is C10H9NO3S. The first kappa shape index (κ1) is 9.95. The van der Waals surface area contributed by atoms with E-state index < -0.39 is 10.1 Å². The lowest BCUT2D eigenvalue weighted by Gasteiger charge is -2.05. The molecule has 0 saturated carbocycles. The smallest absolute Gasteiger partial charge is 0.295 e. The molecule has 0 aliphatic carbocycles. The van der Waals surface area contributed by atoms with Crippen LogP contribution >= 0.6 is 0 Å². The average Bonchev–Trinajstić information content (AvgIpc) is 2.16. The zero-order valence-corrected chi connectivity index (χ0v) is 8.53. The van der Waals surface area contributed by atoms with Gasteiger partial charge >= 0.3 is 0 Å². The minimum Gasteiger partial charge on any atom is -0.398 e. The van der Waals surface area contributed by atoms with E-state index in [2.05, 4.69) is 0 Å². The number of benzene rings is 2. The van der Waals surface area contributed by atoms with Gasteiger partial charge in [0.05, 0.1) is 0 Å². The topological polar surface area (TPSA) is 80.4 Å². The summed E-state index contributed by atoms with van der Waals surface area (Å²) in [7, 11) is -4.23. The number of anilines is 1. The molecule has 0 spiro atoms. The Labute approximate surface area is 87.1 Å². The van der Waals surface area contributed by atoms with Gasteiger partial charge in [0.1, 0.15) is 4.90 Å². The summed E-state index contributed by atoms with van der Waals surface area (Å²) < 4.78 is 31.2. The van der Waals surface area contributed by atoms with Gasteiger partial charge in [0.25, 0.3) is 10.1 Å². The third-order valence-corrected chi connectivity index (χ3v) is 3.07. The summed E-state index contributed by atoms with van der Waals surface area (Å²) in [4.78, 5) is -0.155. The van der Waals surface area contributed by atoms with Crippen molar-refractivity contribution in [3.63, 3.8) is 0 Å². The maximum atomic E-state index is 11.1. The Morgan fingerprint density at radius 1 is 1.07 bits per heavy atom. The van der Waals surface area contributed by atoms with E-state index in [1.54, 1.807) is 30.3 Å². The van der Waals surface area contributed by atoms with Crippen molar-refractivity contribution in [3.8, 4) is 0 Å². The molecule has 2 rings (SSSR count). The fourth-order valence-electron chi connectivity index (χ4n) is 1.55. The molecule has 15 heavy (non-hydrogen) atoms. The van der Waals surface area contributed by atoms with Crippen LogP contribution in [-0.4, -0.2) is 13.0 Å². The van der Waals surface area contributed by atoms with Crippen LogP contribution in [0.25, 0.3) is 10.8 Å². The van der Waals surface area contributed by atoms with Gasteiger partial charge in [-0.05, 0) is 17.5 Å². The molecule has 2 aromatic rings. The molecular weight excluding hydrogens is 214 g/mol. The van der Waals surface area contributed by atoms with Crippen LogP contribution in [0.3, 0.4) is 0 Å². The molecule has 0 amide bonds. The zero-order chi connectivity index (χ0) is 11.1. The van der Waals surface area contributed by atoms with E-state index in [0.717, 1.165) is 0 Å². The Balaban J connectivity index is 2.99. The molecule has 4 nitrogen and oxygen atoms in total. The molecule has 0 unspecified atom stereocenters. The second kappa shape index (κ2) is 3.22. The fourth-order valence-corrected chi connectivity index (χ4v) is 2.29. The molecule has 0 aliphatic heterocycles. The molecule has 0 fully saturated rings. The van der Waals surface area contributed by atoms with Crippen molar-refractivity contribution in [1.29, 1.82) is 0 Å². The lowest BCUT2D eigenvalue weighted by molar-refractivity contribution is 0.484. The van der Waals surface area contributed by atoms with Crippen molar-refractivity contribution in [1.82, 2.24) is 0 Å². The molecule has 0 atom stereocenters. The monoisotopic (exact) mass is 223 g/mol. The molecule has 0 aliphatic rings. The summed E-state index contributed by atoms with van der Waals surface area (Å²) in [5.41, 5.74) is 6.01. The molecule has 0 radical (unpaired) electrons. The predicted octanol–water partition coefficient (Wildman–Crippen LogP) is 1.67. The minimum atomic E-state index is -4.23. The second-order valence-corrected chi connectivity index (χ2v) is 4.57. The Hall–Kier alpha value is -1.59. The highest BCUT2D eigenvalue weighted by molar-refractivity contribution is 7.86. The van der Waals surface area contributed by atoms with Gasteiger partial charge in [-0.15, -0.1) is 0 Å². The number of rotatable bonds is 1. The lowest BCUT2D eigenvalue weighted by Crippen LogP contribution is -2.00. The first-order chi connectivity index (χ1) is 7.00. The summed E-state index contributed by atoms with van der Waals surface area (Å²) in [5, 5.41) is 1.05. The number of nitrogen functional groups attached to an aromatic ring is 1. The Morgan fingerprint density at radius 3 is 2.27 bits per heavy atom. The van der Waals surface area contributed by atoms with Gasteiger partial charge in [-0.25, -0.2) is 0 Å². The summed E-state index contributed by atoms with van der Waals surface area (Å²) in [6.45, 7) is 0. The maximum Gasteiger partial charge on any atom is 0.295 e. The molecule has 0 saturated heterocycles. The van der Waals surface area contributed by atoms with Crippen LogP contribution < -0.4 is 5.73 Å². The number of hydrogen-bond acceptors (Lipinski definition) is 3. The summed E-state index contributed by atoms with van der Waals surface area (Å²) >= 11 is 0. The summed E-state index contributed by atoms with van der Waals surface area (Å²) in [6, 6.07) is 9.68. The predicted molar refractivity (Wildman–Crippen MR) is 58.2 cm³/mol. The van der Waals surface area contributed by atoms with E-state index >= 15 is 0 Å². The van der Waals surface area contributed by atoms with Gasteiger partial charge in [-0.3, -0.25) is 4.55 Å². The van der Waals surface area contributed by atoms with Crippen LogP contribution in [0.1, 0.15) is 0 Å². The molecule has 0 aromatic heterocycles. The van der Waals surface area contributed by atoms with Crippen molar-refractivity contribution in [2.45, 2.75) is 4.90 Å². The fraction of sp³-hybridized carbons (Fsp3) is 0. The van der Waals surface area contributed by atoms with E-state index in [-0.39, 0.29) is 4.90 Å². The van der Waals surface area contributed by atoms with E-state index in [1.807, 2.05) is 0 Å². The Bertz CT molecular complexity index is 614. The highest BCUT2D eigenvalue weighted by Crippen LogP contribution is 2.27. The number of nitrogens with two attached hydrogens (primary N) is 1. The molecule has 5 heteroatoms. The largest absolute Gasteiger partial charge is 0.398 e. The van der Waals surface area contributed by atoms with Gasteiger partial charge in [-0.1, -0.05) is 24.3 Å². The van der Waals surface area contributed by atoms with Crippen molar-refractivity contribution in [2.24, 2.45) is 0 Å². The van der Waals surface area contributed by atoms with Crippen LogP contribution in [0.5, 0.6) is 0 Å². The van der Waals surface area contributed by atoms with Gasteiger partial charge < -0.3 is 5.73 Å². The number of fused-ring (bicyclic) bond motifs is 1. The van der Waals surface area contributed by atoms with E-state index in [4.69, 9.17) is 10.3 Å². The van der Waals surface area contributed by atoms with E-state index in [9.17, 15) is 8.42 Å². The third-order valence-electron chi connectivity index (χ3n) is 2.18. The SMILES string of the molecule is Nc1cccc2cccc(S(=O)(=O)O)c12. The molecule has 0 heterocycles. The zero-order valence-electron chi connectivity index (χ0n) is 7.71. The van der Waals surface area contributed by atoms with Gasteiger partial charge in [0, 0.05) is 11.1 Å². The Morgan fingerprint density at radius 2 is 1.67 bits per heavy atom. The quantitative estimate of drug-likeness (QED) is 0.569. The highest BCUT2D eigenvalue weighted by Gasteiger charge is 2.14. The molecule has 3 N–H and O–H groups in total. The first-order valence-electron chi connectivity index (χ1n) is 4.25. The van der Waals surface area contributed by atoms with Gasteiger partial charge in [-0.2, -0.15) is 8.42 Å². The van der Waals surface area contributed by atoms with Crippen LogP contribution in [0.2, 0.25) is 0 Å². The maximum absolute atomic E-state index is 11.1. The minimum absolute atomic E-state index is 0.155. The van der Waals surface area contributed by atoms with Crippen LogP contribution in [0.4, 0.5) is 5.69 Å². The van der Waals surface area contributed by atoms with Crippen LogP contribution in [-0.2, 0) is 10.1 Å². The standard InChI is InChI=1S/C10H9NO3S/c11-8-5-1-3-7-4-2-6-9(10(7)8)15(12,13)14/h1-6H,11H2,(H,12,13,14). The normalized spacial score (nSPS) is 11.8. The highest BCUT2D eigenvalue weighted by atomic mass is 32.2. The molecule has 2 aromatic carbocycles. The molecule has 78 valence electrons. The van der Waals surface area contributed by atoms with Crippen LogP contribution in [0.15, 0.2) is 41.3 Å². The second-order valence-electron chi connectivity index (χ2n) is 3.18. The Kier molecular flexibility index (Phi) is 2.13. The van der Waals surface area contributed by atoms with Crippen molar-refractivity contribution < 1.29 is 13.0 Å². The summed E-state index contributed by atoms with van der Waals surface area (Å²) in [5.74, 6) is 0. The summed E-state index contributed by atoms with van der Waals surface area (Å²) in [6.07, 6.45) is 0. The van der Waals surface area contributed by atoms with Crippen LogP contribution in [0, 0.1) is 0 Å². The van der Waals surface area contributed by atoms with E-state index in [0.29, 0.717) is 16.5 Å². The average molecular weight is 223 g/mol. The third kappa shape index (κ3) is 1.67. The lowest BCUT2D eigenvalue weighted by atomic mass is 10.1. The first-order valence-corrected chi connectivity index (χ1v) is 5.69. The van der Waals surface area contributed by atoms with Crippen molar-refractivity contribution in [2.75, 3.05) is 5.73 Å². The number of hydrogen-bond donors (Lipinski definition) is 2. The van der Waals surface area contributed by atoms with Gasteiger partial charge in [0.2, 0.25) is 0 Å². The van der Waals surface area contributed by atoms with Crippen molar-refractivity contribution >= 4 is 26.6 Å². The van der Waals surface area contributed by atoms with E-state index in [1.165, 1.54) is 6.07 Å². The van der Waals surface area contributed by atoms with Crippen molar-refractivity contribution in [3.05, 3.63) is 36.4 Å². The van der Waals surface area contributed by atoms with Gasteiger partial charge in [0.15, 0.2) is 0 Å². The molecule has 0 bridgehead atoms.